The molecule has 0 spiro atoms. The molecule has 0 radical (unpaired) electrons. The summed E-state index contributed by atoms with van der Waals surface area (Å²) in [5.74, 6) is 0.0347. The zero-order valence-corrected chi connectivity index (χ0v) is 10.1. The summed E-state index contributed by atoms with van der Waals surface area (Å²) < 4.78 is 13.8. The van der Waals surface area contributed by atoms with Crippen LogP contribution in [0.25, 0.3) is 0 Å². The van der Waals surface area contributed by atoms with E-state index in [1.807, 2.05) is 12.1 Å². The second kappa shape index (κ2) is 4.54. The third kappa shape index (κ3) is 1.83. The molecular weight excluding hydrogens is 225 g/mol. The Labute approximate surface area is 106 Å². The Morgan fingerprint density at radius 3 is 2.61 bits per heavy atom. The molecule has 92 valence electrons. The highest BCUT2D eigenvalue weighted by atomic mass is 19.1. The smallest absolute Gasteiger partial charge is 0.127 e. The van der Waals surface area contributed by atoms with E-state index in [1.54, 1.807) is 12.1 Å². The average Bonchev–Trinajstić information content (AvgIpc) is 2.82. The standard InChI is InChI=1S/C16H16FN/c17-15-8-4-3-7-14(15)16(18)13-10-9-11-5-1-2-6-12(11)13/h1-8,13,16H,9-10,18H2. The average molecular weight is 241 g/mol. The monoisotopic (exact) mass is 241 g/mol. The van der Waals surface area contributed by atoms with Crippen molar-refractivity contribution in [3.05, 3.63) is 71.0 Å². The van der Waals surface area contributed by atoms with Crippen LogP contribution in [0.2, 0.25) is 0 Å². The molecule has 0 amide bonds. The molecule has 2 aromatic rings. The van der Waals surface area contributed by atoms with Gasteiger partial charge in [0.25, 0.3) is 0 Å². The zero-order valence-electron chi connectivity index (χ0n) is 10.1. The van der Waals surface area contributed by atoms with E-state index in [2.05, 4.69) is 18.2 Å². The van der Waals surface area contributed by atoms with Crippen LogP contribution in [0, 0.1) is 5.82 Å². The summed E-state index contributed by atoms with van der Waals surface area (Å²) in [5, 5.41) is 0. The Morgan fingerprint density at radius 1 is 1.06 bits per heavy atom. The first kappa shape index (κ1) is 11.4. The summed E-state index contributed by atoms with van der Waals surface area (Å²) in [4.78, 5) is 0. The van der Waals surface area contributed by atoms with E-state index < -0.39 is 0 Å². The Hall–Kier alpha value is -1.67. The molecule has 3 rings (SSSR count). The lowest BCUT2D eigenvalue weighted by Crippen LogP contribution is -2.19. The van der Waals surface area contributed by atoms with Crippen LogP contribution in [-0.4, -0.2) is 0 Å². The van der Waals surface area contributed by atoms with E-state index in [1.165, 1.54) is 17.2 Å². The van der Waals surface area contributed by atoms with Crippen LogP contribution in [0.5, 0.6) is 0 Å². The number of fused-ring (bicyclic) bond motifs is 1. The lowest BCUT2D eigenvalue weighted by Gasteiger charge is -2.21. The van der Waals surface area contributed by atoms with Gasteiger partial charge >= 0.3 is 0 Å². The highest BCUT2D eigenvalue weighted by molar-refractivity contribution is 5.38. The van der Waals surface area contributed by atoms with Gasteiger partial charge in [-0.3, -0.25) is 0 Å². The first-order chi connectivity index (χ1) is 8.77. The maximum absolute atomic E-state index is 13.8. The number of rotatable bonds is 2. The fourth-order valence-electron chi connectivity index (χ4n) is 2.93. The van der Waals surface area contributed by atoms with Crippen LogP contribution in [0.3, 0.4) is 0 Å². The highest BCUT2D eigenvalue weighted by Gasteiger charge is 2.29. The highest BCUT2D eigenvalue weighted by Crippen LogP contribution is 2.40. The number of hydrogen-bond acceptors (Lipinski definition) is 1. The number of hydrogen-bond donors (Lipinski definition) is 1. The molecule has 2 heteroatoms. The second-order valence-corrected chi connectivity index (χ2v) is 4.89. The summed E-state index contributed by atoms with van der Waals surface area (Å²) >= 11 is 0. The van der Waals surface area contributed by atoms with Crippen LogP contribution in [0.1, 0.15) is 35.1 Å². The van der Waals surface area contributed by atoms with Crippen LogP contribution in [-0.2, 0) is 6.42 Å². The van der Waals surface area contributed by atoms with Crippen molar-refractivity contribution in [2.45, 2.75) is 24.8 Å². The summed E-state index contributed by atoms with van der Waals surface area (Å²) in [7, 11) is 0. The fraction of sp³-hybridized carbons (Fsp3) is 0.250. The van der Waals surface area contributed by atoms with Crippen molar-refractivity contribution in [1.29, 1.82) is 0 Å². The third-order valence-corrected chi connectivity index (χ3v) is 3.88. The number of nitrogens with two attached hydrogens (primary N) is 1. The molecule has 2 atom stereocenters. The van der Waals surface area contributed by atoms with Gasteiger partial charge in [0.05, 0.1) is 0 Å². The Balaban J connectivity index is 1.96. The third-order valence-electron chi connectivity index (χ3n) is 3.88. The molecular formula is C16H16FN. The van der Waals surface area contributed by atoms with E-state index in [0.717, 1.165) is 12.8 Å². The topological polar surface area (TPSA) is 26.0 Å². The lowest BCUT2D eigenvalue weighted by molar-refractivity contribution is 0.513. The number of aryl methyl sites for hydroxylation is 1. The summed E-state index contributed by atoms with van der Waals surface area (Å²) in [6.07, 6.45) is 2.05. The minimum absolute atomic E-state index is 0.200. The molecule has 2 N–H and O–H groups in total. The van der Waals surface area contributed by atoms with Gasteiger partial charge in [-0.1, -0.05) is 42.5 Å². The summed E-state index contributed by atoms with van der Waals surface area (Å²) in [5.41, 5.74) is 9.54. The fourth-order valence-corrected chi connectivity index (χ4v) is 2.93. The molecule has 1 aliphatic rings. The van der Waals surface area contributed by atoms with Crippen molar-refractivity contribution in [2.24, 2.45) is 5.73 Å². The first-order valence-corrected chi connectivity index (χ1v) is 6.35. The van der Waals surface area contributed by atoms with Crippen molar-refractivity contribution in [3.8, 4) is 0 Å². The Morgan fingerprint density at radius 2 is 1.78 bits per heavy atom. The van der Waals surface area contributed by atoms with Crippen LogP contribution >= 0.6 is 0 Å². The van der Waals surface area contributed by atoms with Crippen LogP contribution < -0.4 is 5.73 Å². The SMILES string of the molecule is NC(c1ccccc1F)C1CCc2ccccc21. The van der Waals surface area contributed by atoms with Gasteiger partial charge < -0.3 is 5.73 Å². The molecule has 0 fully saturated rings. The maximum atomic E-state index is 13.8. The molecule has 2 aromatic carbocycles. The molecule has 1 aliphatic carbocycles. The van der Waals surface area contributed by atoms with Crippen molar-refractivity contribution < 1.29 is 4.39 Å². The van der Waals surface area contributed by atoms with Crippen molar-refractivity contribution >= 4 is 0 Å². The molecule has 0 saturated carbocycles. The lowest BCUT2D eigenvalue weighted by atomic mass is 9.89. The molecule has 1 nitrogen and oxygen atoms in total. The van der Waals surface area contributed by atoms with E-state index in [0.29, 0.717) is 5.56 Å². The Kier molecular flexibility index (Phi) is 2.88. The minimum Gasteiger partial charge on any atom is -0.323 e. The first-order valence-electron chi connectivity index (χ1n) is 6.35. The normalized spacial score (nSPS) is 19.6. The van der Waals surface area contributed by atoms with Crippen molar-refractivity contribution in [2.75, 3.05) is 0 Å². The van der Waals surface area contributed by atoms with E-state index in [9.17, 15) is 4.39 Å². The molecule has 0 saturated heterocycles. The predicted molar refractivity (Wildman–Crippen MR) is 70.8 cm³/mol. The van der Waals surface area contributed by atoms with Crippen LogP contribution in [0.4, 0.5) is 4.39 Å². The number of halogens is 1. The van der Waals surface area contributed by atoms with Crippen molar-refractivity contribution in [3.63, 3.8) is 0 Å². The largest absolute Gasteiger partial charge is 0.323 e. The van der Waals surface area contributed by atoms with Gasteiger partial charge in [0.2, 0.25) is 0 Å². The van der Waals surface area contributed by atoms with E-state index in [4.69, 9.17) is 5.73 Å². The van der Waals surface area contributed by atoms with Gasteiger partial charge in [-0.25, -0.2) is 4.39 Å². The zero-order chi connectivity index (χ0) is 12.5. The molecule has 0 aromatic heterocycles. The van der Waals surface area contributed by atoms with Gasteiger partial charge in [-0.2, -0.15) is 0 Å². The molecule has 0 aliphatic heterocycles. The van der Waals surface area contributed by atoms with Gasteiger partial charge in [-0.05, 0) is 30.0 Å². The molecule has 2 unspecified atom stereocenters. The quantitative estimate of drug-likeness (QED) is 0.854. The maximum Gasteiger partial charge on any atom is 0.127 e. The second-order valence-electron chi connectivity index (χ2n) is 4.89. The molecule has 18 heavy (non-hydrogen) atoms. The minimum atomic E-state index is -0.255. The molecule has 0 bridgehead atoms. The van der Waals surface area contributed by atoms with Gasteiger partial charge in [0, 0.05) is 17.5 Å². The summed E-state index contributed by atoms with van der Waals surface area (Å²) in [6.45, 7) is 0. The number of benzene rings is 2. The van der Waals surface area contributed by atoms with Crippen molar-refractivity contribution in [1.82, 2.24) is 0 Å². The summed E-state index contributed by atoms with van der Waals surface area (Å²) in [6, 6.07) is 14.9. The Bertz CT molecular complexity index is 565. The van der Waals surface area contributed by atoms with Gasteiger partial charge in [-0.15, -0.1) is 0 Å². The van der Waals surface area contributed by atoms with E-state index >= 15 is 0 Å². The van der Waals surface area contributed by atoms with E-state index in [-0.39, 0.29) is 17.8 Å². The predicted octanol–water partition coefficient (Wildman–Crippen LogP) is 3.56. The van der Waals surface area contributed by atoms with Gasteiger partial charge in [0.1, 0.15) is 5.82 Å². The molecule has 0 heterocycles. The van der Waals surface area contributed by atoms with Gasteiger partial charge in [0.15, 0.2) is 0 Å². The van der Waals surface area contributed by atoms with Crippen LogP contribution in [0.15, 0.2) is 48.5 Å².